The monoisotopic (exact) mass is 505 g/mol. The number of piperazine rings is 1. The topological polar surface area (TPSA) is 65.7 Å². The standard InChI is InChI=1S/C25H27F4N5O2/c1-3-32(4-2)23(35)21(17-8-6-5-7-9-17)34-14-12-33(13-15-34)20-11-10-18(16-19(20)26)22-30-24(36-31-22)25(27,28)29/h5-11,16,21H,3-4,12-15H2,1-2H3. The highest BCUT2D eigenvalue weighted by Gasteiger charge is 2.38. The summed E-state index contributed by atoms with van der Waals surface area (Å²) in [6, 6.07) is 13.2. The number of aromatic nitrogens is 2. The lowest BCUT2D eigenvalue weighted by Crippen LogP contribution is -2.51. The first-order valence-electron chi connectivity index (χ1n) is 11.8. The maximum absolute atomic E-state index is 15.0. The van der Waals surface area contributed by atoms with Crippen LogP contribution in [0.25, 0.3) is 11.4 Å². The fourth-order valence-electron chi connectivity index (χ4n) is 4.43. The molecule has 1 aliphatic rings. The molecule has 2 aromatic carbocycles. The number of carbonyl (C=O) groups excluding carboxylic acids is 1. The molecule has 192 valence electrons. The van der Waals surface area contributed by atoms with Crippen LogP contribution in [0.4, 0.5) is 23.2 Å². The first kappa shape index (κ1) is 25.6. The minimum Gasteiger partial charge on any atom is -0.367 e. The second-order valence-corrected chi connectivity index (χ2v) is 8.43. The summed E-state index contributed by atoms with van der Waals surface area (Å²) in [5.41, 5.74) is 1.32. The summed E-state index contributed by atoms with van der Waals surface area (Å²) >= 11 is 0. The second-order valence-electron chi connectivity index (χ2n) is 8.43. The molecule has 1 aromatic heterocycles. The van der Waals surface area contributed by atoms with E-state index in [9.17, 15) is 22.4 Å². The predicted octanol–water partition coefficient (Wildman–Crippen LogP) is 4.63. The molecule has 0 aliphatic carbocycles. The van der Waals surface area contributed by atoms with Crippen LogP contribution in [0, 0.1) is 5.82 Å². The summed E-state index contributed by atoms with van der Waals surface area (Å²) in [6.07, 6.45) is -4.77. The van der Waals surface area contributed by atoms with E-state index in [4.69, 9.17) is 0 Å². The van der Waals surface area contributed by atoms with Gasteiger partial charge in [0.25, 0.3) is 0 Å². The fourth-order valence-corrected chi connectivity index (χ4v) is 4.43. The van der Waals surface area contributed by atoms with Crippen LogP contribution in [0.5, 0.6) is 0 Å². The Morgan fingerprint density at radius 1 is 1.06 bits per heavy atom. The molecular weight excluding hydrogens is 478 g/mol. The molecule has 1 unspecified atom stereocenters. The number of amides is 1. The molecule has 11 heteroatoms. The van der Waals surface area contributed by atoms with Crippen molar-refractivity contribution in [3.63, 3.8) is 0 Å². The summed E-state index contributed by atoms with van der Waals surface area (Å²) in [4.78, 5) is 22.5. The molecule has 0 radical (unpaired) electrons. The third-order valence-electron chi connectivity index (χ3n) is 6.32. The van der Waals surface area contributed by atoms with Gasteiger partial charge in [-0.05, 0) is 37.6 Å². The molecule has 1 saturated heterocycles. The summed E-state index contributed by atoms with van der Waals surface area (Å²) in [5, 5.41) is 3.31. The molecule has 1 atom stereocenters. The fraction of sp³-hybridized carbons (Fsp3) is 0.400. The van der Waals surface area contributed by atoms with Crippen molar-refractivity contribution in [2.75, 3.05) is 44.2 Å². The number of anilines is 1. The Kier molecular flexibility index (Phi) is 7.58. The van der Waals surface area contributed by atoms with E-state index in [-0.39, 0.29) is 17.3 Å². The van der Waals surface area contributed by atoms with Crippen LogP contribution >= 0.6 is 0 Å². The molecule has 4 rings (SSSR count). The van der Waals surface area contributed by atoms with E-state index in [0.29, 0.717) is 45.0 Å². The van der Waals surface area contributed by atoms with Crippen LogP contribution in [0.2, 0.25) is 0 Å². The molecule has 1 fully saturated rings. The highest BCUT2D eigenvalue weighted by atomic mass is 19.4. The van der Waals surface area contributed by atoms with Gasteiger partial charge in [-0.15, -0.1) is 0 Å². The maximum atomic E-state index is 15.0. The summed E-state index contributed by atoms with van der Waals surface area (Å²) in [7, 11) is 0. The smallest absolute Gasteiger partial charge is 0.367 e. The lowest BCUT2D eigenvalue weighted by atomic mass is 10.0. The zero-order valence-corrected chi connectivity index (χ0v) is 20.0. The summed E-state index contributed by atoms with van der Waals surface area (Å²) < 4.78 is 57.4. The zero-order valence-electron chi connectivity index (χ0n) is 20.0. The van der Waals surface area contributed by atoms with Gasteiger partial charge < -0.3 is 14.3 Å². The first-order chi connectivity index (χ1) is 17.2. The number of nitrogens with zero attached hydrogens (tertiary/aromatic N) is 5. The van der Waals surface area contributed by atoms with Crippen LogP contribution in [-0.4, -0.2) is 65.1 Å². The van der Waals surface area contributed by atoms with Gasteiger partial charge in [0, 0.05) is 44.8 Å². The summed E-state index contributed by atoms with van der Waals surface area (Å²) in [5.74, 6) is -2.38. The second kappa shape index (κ2) is 10.7. The third kappa shape index (κ3) is 5.35. The number of halogens is 4. The Morgan fingerprint density at radius 2 is 1.72 bits per heavy atom. The van der Waals surface area contributed by atoms with Crippen LogP contribution in [-0.2, 0) is 11.0 Å². The largest absolute Gasteiger partial charge is 0.471 e. The lowest BCUT2D eigenvalue weighted by Gasteiger charge is -2.41. The van der Waals surface area contributed by atoms with Crippen molar-refractivity contribution in [3.05, 3.63) is 65.8 Å². The van der Waals surface area contributed by atoms with Crippen LogP contribution in [0.15, 0.2) is 53.1 Å². The number of carbonyl (C=O) groups is 1. The van der Waals surface area contributed by atoms with Crippen molar-refractivity contribution < 1.29 is 26.9 Å². The number of hydrogen-bond acceptors (Lipinski definition) is 6. The average Bonchev–Trinajstić information content (AvgIpc) is 3.37. The van der Waals surface area contributed by atoms with E-state index in [1.807, 2.05) is 54.0 Å². The van der Waals surface area contributed by atoms with Crippen molar-refractivity contribution in [1.29, 1.82) is 0 Å². The van der Waals surface area contributed by atoms with E-state index in [2.05, 4.69) is 19.6 Å². The highest BCUT2D eigenvalue weighted by molar-refractivity contribution is 5.83. The van der Waals surface area contributed by atoms with Crippen molar-refractivity contribution in [2.45, 2.75) is 26.1 Å². The van der Waals surface area contributed by atoms with E-state index in [0.717, 1.165) is 11.6 Å². The Balaban J connectivity index is 1.49. The molecule has 3 aromatic rings. The SMILES string of the molecule is CCN(CC)C(=O)C(c1ccccc1)N1CCN(c2ccc(-c3noc(C(F)(F)F)n3)cc2F)CC1. The Bertz CT molecular complexity index is 1170. The molecule has 0 saturated carbocycles. The quantitative estimate of drug-likeness (QED) is 0.437. The average molecular weight is 506 g/mol. The lowest BCUT2D eigenvalue weighted by molar-refractivity contribution is -0.159. The molecule has 1 aliphatic heterocycles. The van der Waals surface area contributed by atoms with Gasteiger partial charge in [0.1, 0.15) is 11.9 Å². The van der Waals surface area contributed by atoms with Gasteiger partial charge in [0.2, 0.25) is 11.7 Å². The number of hydrogen-bond donors (Lipinski definition) is 0. The number of benzene rings is 2. The van der Waals surface area contributed by atoms with Gasteiger partial charge in [-0.1, -0.05) is 35.5 Å². The first-order valence-corrected chi connectivity index (χ1v) is 11.8. The highest BCUT2D eigenvalue weighted by Crippen LogP contribution is 2.32. The van der Waals surface area contributed by atoms with Gasteiger partial charge >= 0.3 is 12.1 Å². The molecular formula is C25H27F4N5O2. The molecule has 2 heterocycles. The minimum absolute atomic E-state index is 0.0357. The maximum Gasteiger partial charge on any atom is 0.471 e. The molecule has 0 bridgehead atoms. The van der Waals surface area contributed by atoms with E-state index in [1.165, 1.54) is 12.1 Å². The molecule has 36 heavy (non-hydrogen) atoms. The van der Waals surface area contributed by atoms with Crippen LogP contribution in [0.1, 0.15) is 31.3 Å². The Morgan fingerprint density at radius 3 is 2.28 bits per heavy atom. The predicted molar refractivity (Wildman–Crippen MR) is 126 cm³/mol. The van der Waals surface area contributed by atoms with E-state index < -0.39 is 23.9 Å². The molecule has 1 amide bonds. The zero-order chi connectivity index (χ0) is 25.9. The minimum atomic E-state index is -4.77. The summed E-state index contributed by atoms with van der Waals surface area (Å²) in [6.45, 7) is 7.15. The number of likely N-dealkylation sites (N-methyl/N-ethyl adjacent to an activating group) is 1. The Hall–Kier alpha value is -3.47. The third-order valence-corrected chi connectivity index (χ3v) is 6.32. The van der Waals surface area contributed by atoms with Crippen molar-refractivity contribution in [2.24, 2.45) is 0 Å². The molecule has 7 nitrogen and oxygen atoms in total. The van der Waals surface area contributed by atoms with Crippen molar-refractivity contribution >= 4 is 11.6 Å². The normalized spacial score (nSPS) is 15.7. The molecule has 0 spiro atoms. The van der Waals surface area contributed by atoms with Crippen molar-refractivity contribution in [1.82, 2.24) is 19.9 Å². The Labute approximate surface area is 206 Å². The van der Waals surface area contributed by atoms with Gasteiger partial charge in [-0.25, -0.2) is 4.39 Å². The van der Waals surface area contributed by atoms with Crippen molar-refractivity contribution in [3.8, 4) is 11.4 Å². The number of rotatable bonds is 7. The molecule has 0 N–H and O–H groups in total. The van der Waals surface area contributed by atoms with Crippen LogP contribution < -0.4 is 4.90 Å². The van der Waals surface area contributed by atoms with Crippen LogP contribution in [0.3, 0.4) is 0 Å². The number of alkyl halides is 3. The van der Waals surface area contributed by atoms with Gasteiger partial charge in [-0.3, -0.25) is 9.69 Å². The van der Waals surface area contributed by atoms with Gasteiger partial charge in [0.05, 0.1) is 5.69 Å². The van der Waals surface area contributed by atoms with E-state index >= 15 is 0 Å². The van der Waals surface area contributed by atoms with Gasteiger partial charge in [-0.2, -0.15) is 18.2 Å². The van der Waals surface area contributed by atoms with E-state index in [1.54, 1.807) is 0 Å². The van der Waals surface area contributed by atoms with Gasteiger partial charge in [0.15, 0.2) is 0 Å².